The van der Waals surface area contributed by atoms with Gasteiger partial charge in [0.05, 0.1) is 11.7 Å². The summed E-state index contributed by atoms with van der Waals surface area (Å²) < 4.78 is 2.27. The standard InChI is InChI=1S/C14H19N3/c1-12-5-4-6-13-11-15-14(17(12)13)7-10-16-8-2-3-9-16/h4-6,11H,2-3,7-10H2,1H3. The van der Waals surface area contributed by atoms with Crippen LogP contribution in [0.3, 0.4) is 0 Å². The Morgan fingerprint density at radius 1 is 1.24 bits per heavy atom. The lowest BCUT2D eigenvalue weighted by Gasteiger charge is -2.14. The summed E-state index contributed by atoms with van der Waals surface area (Å²) in [5.74, 6) is 1.20. The number of pyridine rings is 1. The Morgan fingerprint density at radius 2 is 2.06 bits per heavy atom. The van der Waals surface area contributed by atoms with Gasteiger partial charge in [-0.05, 0) is 45.0 Å². The number of hydrogen-bond acceptors (Lipinski definition) is 2. The number of fused-ring (bicyclic) bond motifs is 1. The minimum atomic E-state index is 1.05. The molecular weight excluding hydrogens is 210 g/mol. The second-order valence-corrected chi connectivity index (χ2v) is 4.90. The van der Waals surface area contributed by atoms with Crippen LogP contribution in [-0.2, 0) is 6.42 Å². The van der Waals surface area contributed by atoms with E-state index in [1.54, 1.807) is 0 Å². The molecule has 2 aromatic rings. The molecule has 3 heterocycles. The molecule has 0 aliphatic carbocycles. The minimum Gasteiger partial charge on any atom is -0.303 e. The van der Waals surface area contributed by atoms with Gasteiger partial charge in [-0.1, -0.05) is 6.07 Å². The van der Waals surface area contributed by atoms with Gasteiger partial charge in [-0.3, -0.25) is 0 Å². The van der Waals surface area contributed by atoms with Crippen LogP contribution in [-0.4, -0.2) is 33.9 Å². The summed E-state index contributed by atoms with van der Waals surface area (Å²) >= 11 is 0. The maximum Gasteiger partial charge on any atom is 0.114 e. The van der Waals surface area contributed by atoms with Crippen molar-refractivity contribution in [3.8, 4) is 0 Å². The first-order valence-corrected chi connectivity index (χ1v) is 6.49. The molecule has 0 amide bonds. The molecule has 2 aromatic heterocycles. The molecule has 0 aromatic carbocycles. The van der Waals surface area contributed by atoms with E-state index >= 15 is 0 Å². The molecule has 0 radical (unpaired) electrons. The second kappa shape index (κ2) is 4.49. The van der Waals surface area contributed by atoms with Crippen molar-refractivity contribution in [1.82, 2.24) is 14.3 Å². The van der Waals surface area contributed by atoms with Gasteiger partial charge in [0.25, 0.3) is 0 Å². The zero-order valence-electron chi connectivity index (χ0n) is 10.4. The molecule has 0 spiro atoms. The van der Waals surface area contributed by atoms with E-state index < -0.39 is 0 Å². The van der Waals surface area contributed by atoms with E-state index in [9.17, 15) is 0 Å². The Bertz CT molecular complexity index is 509. The van der Waals surface area contributed by atoms with Crippen molar-refractivity contribution in [2.24, 2.45) is 0 Å². The molecule has 0 atom stereocenters. The number of likely N-dealkylation sites (tertiary alicyclic amines) is 1. The van der Waals surface area contributed by atoms with Crippen LogP contribution in [0.1, 0.15) is 24.4 Å². The van der Waals surface area contributed by atoms with Crippen molar-refractivity contribution in [1.29, 1.82) is 0 Å². The predicted octanol–water partition coefficient (Wildman–Crippen LogP) is 2.28. The molecule has 1 saturated heterocycles. The first-order valence-electron chi connectivity index (χ1n) is 6.49. The highest BCUT2D eigenvalue weighted by Crippen LogP contribution is 2.13. The van der Waals surface area contributed by atoms with Gasteiger partial charge in [0, 0.05) is 18.7 Å². The third-order valence-electron chi connectivity index (χ3n) is 3.67. The van der Waals surface area contributed by atoms with Gasteiger partial charge in [0.15, 0.2) is 0 Å². The maximum absolute atomic E-state index is 4.55. The van der Waals surface area contributed by atoms with E-state index in [1.807, 2.05) is 6.20 Å². The van der Waals surface area contributed by atoms with Crippen molar-refractivity contribution in [2.75, 3.05) is 19.6 Å². The van der Waals surface area contributed by atoms with Gasteiger partial charge < -0.3 is 9.30 Å². The fraction of sp³-hybridized carbons (Fsp3) is 0.500. The van der Waals surface area contributed by atoms with Crippen molar-refractivity contribution in [3.05, 3.63) is 35.9 Å². The Morgan fingerprint density at radius 3 is 2.88 bits per heavy atom. The zero-order chi connectivity index (χ0) is 11.7. The molecule has 3 nitrogen and oxygen atoms in total. The first kappa shape index (κ1) is 10.8. The molecule has 0 N–H and O–H groups in total. The Balaban J connectivity index is 1.80. The smallest absolute Gasteiger partial charge is 0.114 e. The number of aryl methyl sites for hydroxylation is 1. The lowest BCUT2D eigenvalue weighted by atomic mass is 10.3. The first-order chi connectivity index (χ1) is 8.34. The lowest BCUT2D eigenvalue weighted by Crippen LogP contribution is -2.22. The van der Waals surface area contributed by atoms with E-state index in [0.29, 0.717) is 0 Å². The SMILES string of the molecule is Cc1cccc2cnc(CCN3CCCC3)n12. The van der Waals surface area contributed by atoms with Gasteiger partial charge >= 0.3 is 0 Å². The fourth-order valence-electron chi connectivity index (χ4n) is 2.73. The van der Waals surface area contributed by atoms with Crippen LogP contribution in [0.2, 0.25) is 0 Å². The monoisotopic (exact) mass is 229 g/mol. The fourth-order valence-corrected chi connectivity index (χ4v) is 2.73. The normalized spacial score (nSPS) is 17.0. The van der Waals surface area contributed by atoms with Crippen LogP contribution >= 0.6 is 0 Å². The van der Waals surface area contributed by atoms with E-state index in [1.165, 1.54) is 43.0 Å². The molecule has 1 aliphatic rings. The number of hydrogen-bond donors (Lipinski definition) is 0. The van der Waals surface area contributed by atoms with Crippen LogP contribution in [0.15, 0.2) is 24.4 Å². The number of nitrogens with zero attached hydrogens (tertiary/aromatic N) is 3. The highest BCUT2D eigenvalue weighted by atomic mass is 15.1. The third kappa shape index (κ3) is 2.07. The summed E-state index contributed by atoms with van der Waals surface area (Å²) in [6.45, 7) is 5.83. The maximum atomic E-state index is 4.55. The summed E-state index contributed by atoms with van der Waals surface area (Å²) in [5.41, 5.74) is 2.48. The van der Waals surface area contributed by atoms with Crippen molar-refractivity contribution >= 4 is 5.52 Å². The van der Waals surface area contributed by atoms with Gasteiger partial charge in [-0.2, -0.15) is 0 Å². The molecular formula is C14H19N3. The molecule has 0 bridgehead atoms. The number of imidazole rings is 1. The molecule has 3 heteroatoms. The summed E-state index contributed by atoms with van der Waals surface area (Å²) in [7, 11) is 0. The van der Waals surface area contributed by atoms with Gasteiger partial charge in [0.2, 0.25) is 0 Å². The predicted molar refractivity (Wildman–Crippen MR) is 69.3 cm³/mol. The largest absolute Gasteiger partial charge is 0.303 e. The average Bonchev–Trinajstić information content (AvgIpc) is 2.95. The highest BCUT2D eigenvalue weighted by molar-refractivity contribution is 5.47. The van der Waals surface area contributed by atoms with Crippen LogP contribution in [0.4, 0.5) is 0 Å². The van der Waals surface area contributed by atoms with Gasteiger partial charge in [-0.15, -0.1) is 0 Å². The van der Waals surface area contributed by atoms with E-state index in [4.69, 9.17) is 0 Å². The molecule has 17 heavy (non-hydrogen) atoms. The minimum absolute atomic E-state index is 1.05. The van der Waals surface area contributed by atoms with E-state index in [0.717, 1.165) is 13.0 Å². The molecule has 90 valence electrons. The van der Waals surface area contributed by atoms with Gasteiger partial charge in [-0.25, -0.2) is 4.98 Å². The second-order valence-electron chi connectivity index (χ2n) is 4.90. The summed E-state index contributed by atoms with van der Waals surface area (Å²) in [4.78, 5) is 7.09. The van der Waals surface area contributed by atoms with Crippen LogP contribution < -0.4 is 0 Å². The summed E-state index contributed by atoms with van der Waals surface area (Å²) in [5, 5.41) is 0. The molecule has 0 saturated carbocycles. The summed E-state index contributed by atoms with van der Waals surface area (Å²) in [6.07, 6.45) is 5.76. The van der Waals surface area contributed by atoms with Crippen molar-refractivity contribution < 1.29 is 0 Å². The van der Waals surface area contributed by atoms with E-state index in [2.05, 4.69) is 39.4 Å². The van der Waals surface area contributed by atoms with E-state index in [-0.39, 0.29) is 0 Å². The third-order valence-corrected chi connectivity index (χ3v) is 3.67. The topological polar surface area (TPSA) is 20.5 Å². The van der Waals surface area contributed by atoms with Crippen molar-refractivity contribution in [2.45, 2.75) is 26.2 Å². The molecule has 3 rings (SSSR count). The quantitative estimate of drug-likeness (QED) is 0.805. The molecule has 1 fully saturated rings. The van der Waals surface area contributed by atoms with Crippen LogP contribution in [0.25, 0.3) is 5.52 Å². The van der Waals surface area contributed by atoms with Crippen molar-refractivity contribution in [3.63, 3.8) is 0 Å². The molecule has 1 aliphatic heterocycles. The Kier molecular flexibility index (Phi) is 2.85. The average molecular weight is 229 g/mol. The number of rotatable bonds is 3. The number of aromatic nitrogens is 2. The van der Waals surface area contributed by atoms with Gasteiger partial charge in [0.1, 0.15) is 5.82 Å². The Hall–Kier alpha value is -1.35. The lowest BCUT2D eigenvalue weighted by molar-refractivity contribution is 0.340. The Labute approximate surface area is 102 Å². The zero-order valence-corrected chi connectivity index (χ0v) is 10.4. The van der Waals surface area contributed by atoms with Crippen LogP contribution in [0, 0.1) is 6.92 Å². The highest BCUT2D eigenvalue weighted by Gasteiger charge is 2.12. The molecule has 0 unspecified atom stereocenters. The summed E-state index contributed by atoms with van der Waals surface area (Å²) in [6, 6.07) is 6.37. The van der Waals surface area contributed by atoms with Crippen LogP contribution in [0.5, 0.6) is 0 Å².